The lowest BCUT2D eigenvalue weighted by molar-refractivity contribution is 0.00413. The van der Waals surface area contributed by atoms with Crippen LogP contribution in [0.2, 0.25) is 0 Å². The molecule has 10 nitrogen and oxygen atoms in total. The van der Waals surface area contributed by atoms with Crippen molar-refractivity contribution in [1.82, 2.24) is 19.5 Å². The van der Waals surface area contributed by atoms with Crippen molar-refractivity contribution in [3.63, 3.8) is 0 Å². The van der Waals surface area contributed by atoms with Crippen molar-refractivity contribution in [1.29, 1.82) is 0 Å². The SMILES string of the molecule is CC([C@@H]1CO1)n1c(C(=O)OC(C)(C)C)nc2c(N)nc(C(=O)OC(C)(C)C)nc21. The zero-order valence-electron chi connectivity index (χ0n) is 17.8. The Hall–Kier alpha value is -2.75. The van der Waals surface area contributed by atoms with E-state index in [-0.39, 0.29) is 40.8 Å². The standard InChI is InChI=1S/C19H27N5O5/c1-9(10-8-27-10)24-14-11(21-15(24)17(26)29-19(5,6)7)12(20)22-13(23-14)16(25)28-18(2,3)4/h9-10H,8H2,1-7H3,(H2,20,22,23)/t9?,10-/m0/s1. The van der Waals surface area contributed by atoms with Gasteiger partial charge < -0.3 is 19.9 Å². The summed E-state index contributed by atoms with van der Waals surface area (Å²) in [5.41, 5.74) is 5.08. The highest BCUT2D eigenvalue weighted by atomic mass is 16.6. The molecular formula is C19H27N5O5. The minimum Gasteiger partial charge on any atom is -0.454 e. The molecule has 1 aliphatic heterocycles. The summed E-state index contributed by atoms with van der Waals surface area (Å²) in [4.78, 5) is 37.9. The minimum absolute atomic E-state index is 0.0247. The van der Waals surface area contributed by atoms with Crippen molar-refractivity contribution in [3.8, 4) is 0 Å². The largest absolute Gasteiger partial charge is 0.454 e. The lowest BCUT2D eigenvalue weighted by Crippen LogP contribution is -2.27. The number of nitrogens with two attached hydrogens (primary N) is 1. The zero-order valence-corrected chi connectivity index (χ0v) is 17.8. The van der Waals surface area contributed by atoms with Gasteiger partial charge in [0.2, 0.25) is 11.6 Å². The van der Waals surface area contributed by atoms with Crippen LogP contribution in [-0.4, -0.2) is 55.4 Å². The minimum atomic E-state index is -0.721. The summed E-state index contributed by atoms with van der Waals surface area (Å²) in [5, 5.41) is 0. The number of imidazole rings is 1. The predicted molar refractivity (Wildman–Crippen MR) is 105 cm³/mol. The molecule has 1 saturated heterocycles. The Morgan fingerprint density at radius 1 is 1.07 bits per heavy atom. The van der Waals surface area contributed by atoms with Gasteiger partial charge in [-0.05, 0) is 48.5 Å². The number of ether oxygens (including phenoxy) is 3. The van der Waals surface area contributed by atoms with Crippen molar-refractivity contribution in [2.24, 2.45) is 0 Å². The fraction of sp³-hybridized carbons (Fsp3) is 0.632. The van der Waals surface area contributed by atoms with E-state index >= 15 is 0 Å². The summed E-state index contributed by atoms with van der Waals surface area (Å²) in [5.74, 6) is -1.54. The summed E-state index contributed by atoms with van der Waals surface area (Å²) >= 11 is 0. The average molecular weight is 405 g/mol. The molecule has 2 N–H and O–H groups in total. The summed E-state index contributed by atoms with van der Waals surface area (Å²) in [6.07, 6.45) is -0.102. The second-order valence-corrected chi connectivity index (χ2v) is 9.03. The van der Waals surface area contributed by atoms with Crippen molar-refractivity contribution in [2.45, 2.75) is 71.8 Å². The van der Waals surface area contributed by atoms with Gasteiger partial charge in [-0.2, -0.15) is 0 Å². The first kappa shape index (κ1) is 21.0. The van der Waals surface area contributed by atoms with Gasteiger partial charge in [-0.15, -0.1) is 0 Å². The molecule has 3 heterocycles. The second-order valence-electron chi connectivity index (χ2n) is 9.03. The number of rotatable bonds is 4. The number of aromatic nitrogens is 4. The quantitative estimate of drug-likeness (QED) is 0.600. The molecule has 158 valence electrons. The van der Waals surface area contributed by atoms with Gasteiger partial charge in [-0.25, -0.2) is 24.5 Å². The fourth-order valence-electron chi connectivity index (χ4n) is 2.76. The maximum atomic E-state index is 12.8. The first-order valence-electron chi connectivity index (χ1n) is 9.40. The number of anilines is 1. The van der Waals surface area contributed by atoms with Crippen LogP contribution in [0.1, 0.15) is 75.7 Å². The van der Waals surface area contributed by atoms with Crippen LogP contribution in [0.3, 0.4) is 0 Å². The normalized spacial score (nSPS) is 17.8. The molecule has 1 unspecified atom stereocenters. The summed E-state index contributed by atoms with van der Waals surface area (Å²) in [6, 6.07) is -0.275. The highest BCUT2D eigenvalue weighted by molar-refractivity contribution is 5.95. The molecule has 0 saturated carbocycles. The molecule has 2 atom stereocenters. The third-order valence-electron chi connectivity index (χ3n) is 4.03. The number of epoxide rings is 1. The molecule has 0 aromatic carbocycles. The number of carbonyl (C=O) groups excluding carboxylic acids is 2. The third-order valence-corrected chi connectivity index (χ3v) is 4.03. The Morgan fingerprint density at radius 2 is 1.62 bits per heavy atom. The maximum Gasteiger partial charge on any atom is 0.377 e. The van der Waals surface area contributed by atoms with Crippen molar-refractivity contribution < 1.29 is 23.8 Å². The molecule has 0 radical (unpaired) electrons. The average Bonchev–Trinajstić information content (AvgIpc) is 3.31. The Kier molecular flexibility index (Phi) is 5.02. The molecule has 1 fully saturated rings. The number of nitrogens with zero attached hydrogens (tertiary/aromatic N) is 4. The predicted octanol–water partition coefficient (Wildman–Crippen LogP) is 2.28. The Bertz CT molecular complexity index is 966. The Balaban J connectivity index is 2.14. The molecule has 29 heavy (non-hydrogen) atoms. The van der Waals surface area contributed by atoms with Gasteiger partial charge in [0, 0.05) is 0 Å². The van der Waals surface area contributed by atoms with Crippen molar-refractivity contribution in [2.75, 3.05) is 12.3 Å². The molecule has 0 bridgehead atoms. The number of carbonyl (C=O) groups is 2. The smallest absolute Gasteiger partial charge is 0.377 e. The van der Waals surface area contributed by atoms with Crippen LogP contribution >= 0.6 is 0 Å². The van der Waals surface area contributed by atoms with E-state index in [2.05, 4.69) is 15.0 Å². The van der Waals surface area contributed by atoms with Gasteiger partial charge in [0.1, 0.15) is 17.3 Å². The van der Waals surface area contributed by atoms with E-state index < -0.39 is 23.1 Å². The molecule has 1 aliphatic rings. The lowest BCUT2D eigenvalue weighted by Gasteiger charge is -2.21. The fourth-order valence-corrected chi connectivity index (χ4v) is 2.76. The van der Waals surface area contributed by atoms with Crippen molar-refractivity contribution in [3.05, 3.63) is 11.6 Å². The number of fused-ring (bicyclic) bond motifs is 1. The molecule has 10 heteroatoms. The van der Waals surface area contributed by atoms with Gasteiger partial charge in [-0.3, -0.25) is 4.57 Å². The molecule has 2 aromatic heterocycles. The van der Waals surface area contributed by atoms with Crippen LogP contribution in [-0.2, 0) is 14.2 Å². The van der Waals surface area contributed by atoms with E-state index in [4.69, 9.17) is 19.9 Å². The third kappa shape index (κ3) is 4.64. The van der Waals surface area contributed by atoms with Crippen molar-refractivity contribution >= 4 is 28.9 Å². The van der Waals surface area contributed by atoms with Gasteiger partial charge in [0.15, 0.2) is 17.0 Å². The molecule has 0 aliphatic carbocycles. The molecule has 0 spiro atoms. The zero-order chi connectivity index (χ0) is 21.7. The highest BCUT2D eigenvalue weighted by Crippen LogP contribution is 2.31. The summed E-state index contributed by atoms with van der Waals surface area (Å²) < 4.78 is 17.8. The summed E-state index contributed by atoms with van der Waals surface area (Å²) in [7, 11) is 0. The van der Waals surface area contributed by atoms with Gasteiger partial charge in [-0.1, -0.05) is 0 Å². The van der Waals surface area contributed by atoms with Gasteiger partial charge in [0.25, 0.3) is 0 Å². The van der Waals surface area contributed by atoms with E-state index in [0.29, 0.717) is 6.61 Å². The van der Waals surface area contributed by atoms with Gasteiger partial charge >= 0.3 is 11.9 Å². The van der Waals surface area contributed by atoms with E-state index in [0.717, 1.165) is 0 Å². The Morgan fingerprint density at radius 3 is 2.14 bits per heavy atom. The van der Waals surface area contributed by atoms with E-state index in [9.17, 15) is 9.59 Å². The number of nitrogen functional groups attached to an aromatic ring is 1. The van der Waals surface area contributed by atoms with Crippen LogP contribution < -0.4 is 5.73 Å². The van der Waals surface area contributed by atoms with Crippen LogP contribution in [0.25, 0.3) is 11.2 Å². The van der Waals surface area contributed by atoms with Crippen LogP contribution in [0, 0.1) is 0 Å². The molecule has 2 aromatic rings. The van der Waals surface area contributed by atoms with Crippen LogP contribution in [0.4, 0.5) is 5.82 Å². The Labute approximate surface area is 168 Å². The number of esters is 2. The molecular weight excluding hydrogens is 378 g/mol. The molecule has 3 rings (SSSR count). The number of hydrogen-bond donors (Lipinski definition) is 1. The number of hydrogen-bond acceptors (Lipinski definition) is 9. The van der Waals surface area contributed by atoms with Gasteiger partial charge in [0.05, 0.1) is 12.6 Å². The van der Waals surface area contributed by atoms with E-state index in [1.807, 2.05) is 6.92 Å². The highest BCUT2D eigenvalue weighted by Gasteiger charge is 2.37. The lowest BCUT2D eigenvalue weighted by atomic mass is 10.2. The van der Waals surface area contributed by atoms with E-state index in [1.54, 1.807) is 46.1 Å². The van der Waals surface area contributed by atoms with Crippen LogP contribution in [0.5, 0.6) is 0 Å². The summed E-state index contributed by atoms with van der Waals surface area (Å²) in [6.45, 7) is 12.9. The topological polar surface area (TPSA) is 135 Å². The molecule has 0 amide bonds. The first-order valence-corrected chi connectivity index (χ1v) is 9.40. The maximum absolute atomic E-state index is 12.8. The second kappa shape index (κ2) is 6.94. The monoisotopic (exact) mass is 405 g/mol. The van der Waals surface area contributed by atoms with Crippen LogP contribution in [0.15, 0.2) is 0 Å². The van der Waals surface area contributed by atoms with E-state index in [1.165, 1.54) is 0 Å². The first-order chi connectivity index (χ1) is 13.3.